The molecular weight excluding hydrogens is 198 g/mol. The van der Waals surface area contributed by atoms with Gasteiger partial charge in [-0.1, -0.05) is 12.8 Å². The molecule has 1 rings (SSSR count). The summed E-state index contributed by atoms with van der Waals surface area (Å²) >= 11 is 0. The quantitative estimate of drug-likeness (QED) is 0.740. The van der Waals surface area contributed by atoms with E-state index in [1.807, 2.05) is 0 Å². The minimum Gasteiger partial charge on any atom is -0.315 e. The highest BCUT2D eigenvalue weighted by Gasteiger charge is 2.26. The molecule has 0 heterocycles. The zero-order valence-electron chi connectivity index (χ0n) is 11.5. The van der Waals surface area contributed by atoms with Crippen LogP contribution in [0.1, 0.15) is 32.1 Å². The van der Waals surface area contributed by atoms with E-state index in [0.717, 1.165) is 6.04 Å². The van der Waals surface area contributed by atoms with Crippen LogP contribution >= 0.6 is 0 Å². The Balaban J connectivity index is 2.29. The molecule has 1 saturated carbocycles. The zero-order chi connectivity index (χ0) is 12.0. The molecule has 3 nitrogen and oxygen atoms in total. The standard InChI is InChI=1S/C13H29N3/c1-14-12-8-5-6-9-13(12)16(4)11-7-10-15(2)3/h12-14H,5-11H2,1-4H3. The zero-order valence-corrected chi connectivity index (χ0v) is 11.5. The first kappa shape index (κ1) is 13.9. The third-order valence-corrected chi connectivity index (χ3v) is 3.78. The van der Waals surface area contributed by atoms with Gasteiger partial charge in [-0.25, -0.2) is 0 Å². The molecule has 0 saturated heterocycles. The number of rotatable bonds is 6. The van der Waals surface area contributed by atoms with Gasteiger partial charge in [0.2, 0.25) is 0 Å². The Labute approximate surface area is 101 Å². The van der Waals surface area contributed by atoms with E-state index in [4.69, 9.17) is 0 Å². The van der Waals surface area contributed by atoms with Crippen LogP contribution in [0.3, 0.4) is 0 Å². The average molecular weight is 227 g/mol. The molecule has 0 aliphatic heterocycles. The molecule has 0 amide bonds. The molecule has 0 aromatic carbocycles. The van der Waals surface area contributed by atoms with Gasteiger partial charge >= 0.3 is 0 Å². The number of nitrogens with one attached hydrogen (secondary N) is 1. The van der Waals surface area contributed by atoms with E-state index < -0.39 is 0 Å². The molecule has 1 fully saturated rings. The summed E-state index contributed by atoms with van der Waals surface area (Å²) in [7, 11) is 8.70. The average Bonchev–Trinajstić information content (AvgIpc) is 2.28. The molecule has 1 aliphatic rings. The highest BCUT2D eigenvalue weighted by atomic mass is 15.2. The van der Waals surface area contributed by atoms with Gasteiger partial charge < -0.3 is 15.1 Å². The van der Waals surface area contributed by atoms with Crippen LogP contribution in [0.2, 0.25) is 0 Å². The van der Waals surface area contributed by atoms with Crippen molar-refractivity contribution >= 4 is 0 Å². The van der Waals surface area contributed by atoms with Crippen molar-refractivity contribution in [3.05, 3.63) is 0 Å². The lowest BCUT2D eigenvalue weighted by atomic mass is 9.89. The molecule has 2 unspecified atom stereocenters. The SMILES string of the molecule is CNC1CCCCC1N(C)CCCN(C)C. The van der Waals surface area contributed by atoms with E-state index >= 15 is 0 Å². The summed E-state index contributed by atoms with van der Waals surface area (Å²) in [6.07, 6.45) is 6.79. The van der Waals surface area contributed by atoms with Crippen LogP contribution in [-0.4, -0.2) is 63.2 Å². The van der Waals surface area contributed by atoms with Crippen LogP contribution in [0.4, 0.5) is 0 Å². The number of hydrogen-bond donors (Lipinski definition) is 1. The number of likely N-dealkylation sites (N-methyl/N-ethyl adjacent to an activating group) is 2. The fraction of sp³-hybridized carbons (Fsp3) is 1.00. The summed E-state index contributed by atoms with van der Waals surface area (Å²) in [6, 6.07) is 1.46. The molecule has 3 heteroatoms. The van der Waals surface area contributed by atoms with Crippen LogP contribution in [-0.2, 0) is 0 Å². The molecule has 0 aromatic heterocycles. The van der Waals surface area contributed by atoms with Gasteiger partial charge in [-0.15, -0.1) is 0 Å². The smallest absolute Gasteiger partial charge is 0.0246 e. The molecule has 0 spiro atoms. The highest BCUT2D eigenvalue weighted by molar-refractivity contribution is 4.86. The molecule has 96 valence electrons. The number of hydrogen-bond acceptors (Lipinski definition) is 3. The van der Waals surface area contributed by atoms with Gasteiger partial charge in [0.1, 0.15) is 0 Å². The van der Waals surface area contributed by atoms with Gasteiger partial charge in [0.15, 0.2) is 0 Å². The van der Waals surface area contributed by atoms with Gasteiger partial charge in [0.05, 0.1) is 0 Å². The van der Waals surface area contributed by atoms with Gasteiger partial charge in [0.25, 0.3) is 0 Å². The lowest BCUT2D eigenvalue weighted by molar-refractivity contribution is 0.149. The lowest BCUT2D eigenvalue weighted by Crippen LogP contribution is -2.49. The van der Waals surface area contributed by atoms with E-state index in [1.54, 1.807) is 0 Å². The van der Waals surface area contributed by atoms with E-state index in [-0.39, 0.29) is 0 Å². The van der Waals surface area contributed by atoms with Crippen LogP contribution in [0, 0.1) is 0 Å². The van der Waals surface area contributed by atoms with Crippen molar-refractivity contribution in [3.8, 4) is 0 Å². The molecular formula is C13H29N3. The Kier molecular flexibility index (Phi) is 6.32. The van der Waals surface area contributed by atoms with E-state index in [1.165, 1.54) is 45.2 Å². The first-order valence-electron chi connectivity index (χ1n) is 6.67. The second-order valence-electron chi connectivity index (χ2n) is 5.38. The third kappa shape index (κ3) is 4.40. The first-order chi connectivity index (χ1) is 7.65. The molecule has 16 heavy (non-hydrogen) atoms. The second-order valence-corrected chi connectivity index (χ2v) is 5.38. The van der Waals surface area contributed by atoms with E-state index in [9.17, 15) is 0 Å². The van der Waals surface area contributed by atoms with Gasteiger partial charge in [-0.3, -0.25) is 0 Å². The van der Waals surface area contributed by atoms with Crippen molar-refractivity contribution in [1.82, 2.24) is 15.1 Å². The van der Waals surface area contributed by atoms with Gasteiger partial charge in [-0.05, 0) is 60.5 Å². The molecule has 0 radical (unpaired) electrons. The van der Waals surface area contributed by atoms with Crippen molar-refractivity contribution in [3.63, 3.8) is 0 Å². The largest absolute Gasteiger partial charge is 0.315 e. The first-order valence-corrected chi connectivity index (χ1v) is 6.67. The monoisotopic (exact) mass is 227 g/mol. The lowest BCUT2D eigenvalue weighted by Gasteiger charge is -2.38. The molecule has 0 aromatic rings. The van der Waals surface area contributed by atoms with Gasteiger partial charge in [-0.2, -0.15) is 0 Å². The summed E-state index contributed by atoms with van der Waals surface area (Å²) in [4.78, 5) is 4.83. The van der Waals surface area contributed by atoms with Gasteiger partial charge in [0, 0.05) is 12.1 Å². The van der Waals surface area contributed by atoms with Crippen LogP contribution in [0.5, 0.6) is 0 Å². The van der Waals surface area contributed by atoms with Crippen molar-refractivity contribution in [2.45, 2.75) is 44.2 Å². The minimum absolute atomic E-state index is 0.707. The van der Waals surface area contributed by atoms with Crippen LogP contribution in [0.15, 0.2) is 0 Å². The maximum atomic E-state index is 3.48. The Morgan fingerprint density at radius 3 is 2.38 bits per heavy atom. The minimum atomic E-state index is 0.707. The number of nitrogens with zero attached hydrogens (tertiary/aromatic N) is 2. The Bertz CT molecular complexity index is 182. The fourth-order valence-corrected chi connectivity index (χ4v) is 2.78. The molecule has 2 atom stereocenters. The van der Waals surface area contributed by atoms with E-state index in [0.29, 0.717) is 6.04 Å². The van der Waals surface area contributed by atoms with Crippen molar-refractivity contribution in [2.24, 2.45) is 0 Å². The Morgan fingerprint density at radius 1 is 1.06 bits per heavy atom. The third-order valence-electron chi connectivity index (χ3n) is 3.78. The predicted octanol–water partition coefficient (Wildman–Crippen LogP) is 1.40. The van der Waals surface area contributed by atoms with Crippen LogP contribution in [0.25, 0.3) is 0 Å². The summed E-state index contributed by atoms with van der Waals surface area (Å²) in [5.41, 5.74) is 0. The van der Waals surface area contributed by atoms with Crippen molar-refractivity contribution < 1.29 is 0 Å². The maximum Gasteiger partial charge on any atom is 0.0246 e. The Hall–Kier alpha value is -0.120. The highest BCUT2D eigenvalue weighted by Crippen LogP contribution is 2.22. The second kappa shape index (κ2) is 7.25. The molecule has 1 aliphatic carbocycles. The predicted molar refractivity (Wildman–Crippen MR) is 70.9 cm³/mol. The fourth-order valence-electron chi connectivity index (χ4n) is 2.78. The summed E-state index contributed by atoms with van der Waals surface area (Å²) < 4.78 is 0. The summed E-state index contributed by atoms with van der Waals surface area (Å²) in [6.45, 7) is 2.42. The Morgan fingerprint density at radius 2 is 1.75 bits per heavy atom. The van der Waals surface area contributed by atoms with E-state index in [2.05, 4.69) is 43.3 Å². The maximum absolute atomic E-state index is 3.48. The summed E-state index contributed by atoms with van der Waals surface area (Å²) in [5.74, 6) is 0. The normalized spacial score (nSPS) is 26.6. The topological polar surface area (TPSA) is 18.5 Å². The van der Waals surface area contributed by atoms with Crippen molar-refractivity contribution in [2.75, 3.05) is 41.3 Å². The van der Waals surface area contributed by atoms with Crippen molar-refractivity contribution in [1.29, 1.82) is 0 Å². The molecule has 0 bridgehead atoms. The molecule has 1 N–H and O–H groups in total. The summed E-state index contributed by atoms with van der Waals surface area (Å²) in [5, 5.41) is 3.48. The van der Waals surface area contributed by atoms with Crippen LogP contribution < -0.4 is 5.32 Å².